The first kappa shape index (κ1) is 48.3. The van der Waals surface area contributed by atoms with Crippen molar-refractivity contribution in [2.45, 2.75) is 89.0 Å². The zero-order valence-corrected chi connectivity index (χ0v) is 38.4. The number of halogens is 1. The van der Waals surface area contributed by atoms with Gasteiger partial charge in [-0.3, -0.25) is 29.1 Å². The Hall–Kier alpha value is -5.20. The van der Waals surface area contributed by atoms with Crippen molar-refractivity contribution in [2.24, 2.45) is 11.0 Å². The lowest BCUT2D eigenvalue weighted by Crippen LogP contribution is -2.55. The smallest absolute Gasteiger partial charge is 0.317 e. The molecule has 6 rings (SSSR count). The number of hydrogen-bond donors (Lipinski definition) is 4. The van der Waals surface area contributed by atoms with Gasteiger partial charge >= 0.3 is 12.0 Å². The first-order valence-corrected chi connectivity index (χ1v) is 24.2. The lowest BCUT2D eigenvalue weighted by atomic mass is 10.0. The van der Waals surface area contributed by atoms with Gasteiger partial charge in [-0.15, -0.1) is 0 Å². The van der Waals surface area contributed by atoms with E-state index in [0.717, 1.165) is 43.5 Å². The molecule has 0 spiro atoms. The molecule has 18 heteroatoms. The number of carboxylic acids is 1. The van der Waals surface area contributed by atoms with E-state index in [1.807, 2.05) is 43.0 Å². The Balaban J connectivity index is 0.809. The van der Waals surface area contributed by atoms with E-state index in [9.17, 15) is 28.4 Å². The summed E-state index contributed by atoms with van der Waals surface area (Å²) in [6.07, 6.45) is 7.01. The van der Waals surface area contributed by atoms with Gasteiger partial charge in [-0.25, -0.2) is 14.6 Å². The molecule has 3 fully saturated rings. The largest absolute Gasteiger partial charge is 0.494 e. The van der Waals surface area contributed by atoms with E-state index in [0.29, 0.717) is 80.1 Å². The quantitative estimate of drug-likeness (QED) is 0.0420. The summed E-state index contributed by atoms with van der Waals surface area (Å²) in [7, 11) is 3.17. The second kappa shape index (κ2) is 23.1. The number of hydrazone groups is 1. The van der Waals surface area contributed by atoms with Gasteiger partial charge in [0.15, 0.2) is 0 Å². The number of nitrogens with one attached hydrogen (secondary N) is 3. The molecule has 1 aliphatic carbocycles. The lowest BCUT2D eigenvalue weighted by molar-refractivity contribution is -0.137. The number of carbonyl (C=O) groups is 5. The van der Waals surface area contributed by atoms with Crippen LogP contribution < -0.4 is 20.8 Å². The maximum Gasteiger partial charge on any atom is 0.317 e. The second-order valence-corrected chi connectivity index (χ2v) is 20.1. The topological polar surface area (TPSA) is 186 Å². The predicted molar refractivity (Wildman–Crippen MR) is 248 cm³/mol. The van der Waals surface area contributed by atoms with Crippen molar-refractivity contribution in [1.82, 2.24) is 30.4 Å². The molecule has 2 atom stereocenters. The fraction of sp³-hybridized carbons (Fsp3) is 0.500. The molecule has 2 aliphatic heterocycles. The number of carboxylic acid groups (broad SMARTS) is 1. The van der Waals surface area contributed by atoms with Gasteiger partial charge in [0, 0.05) is 111 Å². The number of hydrogen-bond acceptors (Lipinski definition) is 11. The Labute approximate surface area is 382 Å². The zero-order valence-electron chi connectivity index (χ0n) is 36.7. The fourth-order valence-electron chi connectivity index (χ4n) is 7.87. The van der Waals surface area contributed by atoms with Crippen molar-refractivity contribution in [3.63, 3.8) is 0 Å². The van der Waals surface area contributed by atoms with E-state index in [2.05, 4.69) is 31.0 Å². The minimum atomic E-state index is -0.853. The molecule has 5 amide bonds. The Morgan fingerprint density at radius 1 is 0.969 bits per heavy atom. The number of likely N-dealkylation sites (tertiary alicyclic amines) is 1. The standard InChI is InChI=1S/C46H59FN8O7S2/c1-31(32-9-12-37(13-10-32)62-24-5-7-43(58)59)51-52-41(56)28-46(2,3)64-63-25-16-42(57)54-22-20-53(21-23-54)36-14-18-55(19-15-36)45(61)49-30-34-8-11-35(26-40(34)47)50-44(60)39-27-38(39)33-6-4-17-48-29-33/h4,6,8-13,17,26,29,36,38-39H,5,7,14-16,18-25,27-28,30H2,1-3H3,(H,49,61)(H,50,60)(H,52,56)(H,58,59)/b51-31+. The van der Waals surface area contributed by atoms with Gasteiger partial charge in [0.05, 0.1) is 12.3 Å². The number of aliphatic carboxylic acids is 1. The molecule has 1 saturated carbocycles. The first-order chi connectivity index (χ1) is 30.7. The van der Waals surface area contributed by atoms with Crippen molar-refractivity contribution < 1.29 is 38.2 Å². The molecule has 0 radical (unpaired) electrons. The Kier molecular flexibility index (Phi) is 17.4. The summed E-state index contributed by atoms with van der Waals surface area (Å²) in [5.41, 5.74) is 5.86. The number of ether oxygens (including phenoxy) is 1. The van der Waals surface area contributed by atoms with Crippen molar-refractivity contribution in [3.8, 4) is 5.75 Å². The van der Waals surface area contributed by atoms with Crippen LogP contribution in [-0.4, -0.2) is 123 Å². The van der Waals surface area contributed by atoms with Crippen LogP contribution in [0.5, 0.6) is 5.75 Å². The third-order valence-electron chi connectivity index (χ3n) is 11.6. The number of urea groups is 1. The monoisotopic (exact) mass is 918 g/mol. The first-order valence-electron chi connectivity index (χ1n) is 21.9. The van der Waals surface area contributed by atoms with Crippen molar-refractivity contribution in [2.75, 3.05) is 56.9 Å². The van der Waals surface area contributed by atoms with Crippen LogP contribution in [0.15, 0.2) is 72.1 Å². The molecular formula is C46H59FN8O7S2. The minimum Gasteiger partial charge on any atom is -0.494 e. The second-order valence-electron chi connectivity index (χ2n) is 17.0. The van der Waals surface area contributed by atoms with E-state index in [1.54, 1.807) is 70.1 Å². The highest BCUT2D eigenvalue weighted by Crippen LogP contribution is 2.47. The number of rotatable bonds is 20. The number of piperazine rings is 1. The van der Waals surface area contributed by atoms with Crippen molar-refractivity contribution >= 4 is 62.7 Å². The predicted octanol–water partition coefficient (Wildman–Crippen LogP) is 6.51. The van der Waals surface area contributed by atoms with Gasteiger partial charge in [0.2, 0.25) is 17.7 Å². The molecule has 3 aromatic rings. The average Bonchev–Trinajstić information content (AvgIpc) is 4.10. The average molecular weight is 919 g/mol. The Bertz CT molecular complexity index is 2110. The molecule has 15 nitrogen and oxygen atoms in total. The molecule has 2 unspecified atom stereocenters. The maximum absolute atomic E-state index is 15.0. The van der Waals surface area contributed by atoms with Crippen molar-refractivity contribution in [3.05, 3.63) is 89.5 Å². The third kappa shape index (κ3) is 14.7. The molecule has 0 bridgehead atoms. The van der Waals surface area contributed by atoms with Crippen LogP contribution in [0.3, 0.4) is 0 Å². The summed E-state index contributed by atoms with van der Waals surface area (Å²) < 4.78 is 20.2. The molecule has 2 saturated heterocycles. The summed E-state index contributed by atoms with van der Waals surface area (Å²) in [6, 6.07) is 15.7. The number of aromatic nitrogens is 1. The fourth-order valence-corrected chi connectivity index (χ4v) is 10.3. The van der Waals surface area contributed by atoms with Crippen LogP contribution >= 0.6 is 21.6 Å². The van der Waals surface area contributed by atoms with Gasteiger partial charge in [-0.1, -0.05) is 33.7 Å². The van der Waals surface area contributed by atoms with E-state index in [-0.39, 0.29) is 59.7 Å². The van der Waals surface area contributed by atoms with E-state index >= 15 is 0 Å². The summed E-state index contributed by atoms with van der Waals surface area (Å²) in [6.45, 7) is 10.2. The van der Waals surface area contributed by atoms with Gasteiger partial charge in [0.1, 0.15) is 11.6 Å². The van der Waals surface area contributed by atoms with E-state index in [1.165, 1.54) is 6.07 Å². The van der Waals surface area contributed by atoms with E-state index in [4.69, 9.17) is 9.84 Å². The number of amides is 5. The summed E-state index contributed by atoms with van der Waals surface area (Å²) >= 11 is 0. The van der Waals surface area contributed by atoms with Crippen LogP contribution in [0.4, 0.5) is 14.9 Å². The van der Waals surface area contributed by atoms with Gasteiger partial charge in [-0.05, 0) is 106 Å². The molecular weight excluding hydrogens is 860 g/mol. The maximum atomic E-state index is 15.0. The molecule has 64 heavy (non-hydrogen) atoms. The summed E-state index contributed by atoms with van der Waals surface area (Å²) in [5, 5.41) is 18.7. The zero-order chi connectivity index (χ0) is 45.6. The van der Waals surface area contributed by atoms with Crippen LogP contribution in [-0.2, 0) is 25.7 Å². The number of anilines is 1. The lowest BCUT2D eigenvalue weighted by Gasteiger charge is -2.42. The third-order valence-corrected chi connectivity index (χ3v) is 14.9. The number of benzene rings is 2. The van der Waals surface area contributed by atoms with E-state index < -0.39 is 11.8 Å². The Morgan fingerprint density at radius 2 is 1.72 bits per heavy atom. The molecule has 1 aromatic heterocycles. The Morgan fingerprint density at radius 3 is 2.41 bits per heavy atom. The highest BCUT2D eigenvalue weighted by atomic mass is 33.1. The van der Waals surface area contributed by atoms with Gasteiger partial charge < -0.3 is 30.3 Å². The van der Waals surface area contributed by atoms with Gasteiger partial charge in [0.25, 0.3) is 0 Å². The van der Waals surface area contributed by atoms with Crippen molar-refractivity contribution in [1.29, 1.82) is 0 Å². The SMILES string of the molecule is C/C(=N\NC(=O)CC(C)(C)SSCCC(=O)N1CCN(C2CCN(C(=O)NCc3ccc(NC(=O)C4CC4c4cccnc4)cc3F)CC2)CC1)c1ccc(OCCCC(=O)O)cc1. The van der Waals surface area contributed by atoms with Crippen LogP contribution in [0.25, 0.3) is 0 Å². The van der Waals surface area contributed by atoms with Crippen LogP contribution in [0.2, 0.25) is 0 Å². The minimum absolute atomic E-state index is 0.0409. The summed E-state index contributed by atoms with van der Waals surface area (Å²) in [5.74, 6) is -0.328. The molecule has 4 N–H and O–H groups in total. The highest BCUT2D eigenvalue weighted by molar-refractivity contribution is 8.77. The highest BCUT2D eigenvalue weighted by Gasteiger charge is 2.44. The van der Waals surface area contributed by atoms with Gasteiger partial charge in [-0.2, -0.15) is 5.10 Å². The summed E-state index contributed by atoms with van der Waals surface area (Å²) in [4.78, 5) is 72.4. The number of pyridine rings is 1. The molecule has 3 aliphatic rings. The van der Waals surface area contributed by atoms with Crippen LogP contribution in [0, 0.1) is 11.7 Å². The normalized spacial score (nSPS) is 18.3. The number of piperidine rings is 1. The molecule has 344 valence electrons. The molecule has 3 heterocycles. The number of carbonyl (C=O) groups excluding carboxylic acids is 4. The van der Waals surface area contributed by atoms with Crippen LogP contribution in [0.1, 0.15) is 88.3 Å². The molecule has 2 aromatic carbocycles. The number of nitrogens with zero attached hydrogens (tertiary/aromatic N) is 5.